The van der Waals surface area contributed by atoms with Crippen LogP contribution in [0.5, 0.6) is 5.75 Å². The maximum Gasteiger partial charge on any atom is 0.258 e. The van der Waals surface area contributed by atoms with Gasteiger partial charge in [-0.15, -0.1) is 0 Å². The minimum atomic E-state index is -0.0486. The minimum absolute atomic E-state index is 0.0486. The molecule has 5 heteroatoms. The van der Waals surface area contributed by atoms with Gasteiger partial charge in [-0.2, -0.15) is 0 Å². The Morgan fingerprint density at radius 2 is 1.91 bits per heavy atom. The SMILES string of the molecule is COc1ccc(Cn2ccc3cc(Br)c(N)cc3c2=O)cc1. The molecule has 0 aliphatic carbocycles. The van der Waals surface area contributed by atoms with Crippen molar-refractivity contribution in [2.75, 3.05) is 12.8 Å². The van der Waals surface area contributed by atoms with Gasteiger partial charge in [0.2, 0.25) is 0 Å². The van der Waals surface area contributed by atoms with Crippen molar-refractivity contribution in [2.45, 2.75) is 6.54 Å². The third kappa shape index (κ3) is 2.72. The molecule has 0 aliphatic rings. The molecule has 0 saturated heterocycles. The number of rotatable bonds is 3. The van der Waals surface area contributed by atoms with E-state index in [-0.39, 0.29) is 5.56 Å². The quantitative estimate of drug-likeness (QED) is 0.730. The van der Waals surface area contributed by atoms with Crippen LogP contribution in [0.25, 0.3) is 10.8 Å². The van der Waals surface area contributed by atoms with E-state index in [1.54, 1.807) is 23.9 Å². The molecule has 0 saturated carbocycles. The van der Waals surface area contributed by atoms with E-state index >= 15 is 0 Å². The van der Waals surface area contributed by atoms with Gasteiger partial charge in [-0.1, -0.05) is 12.1 Å². The number of hydrogen-bond donors (Lipinski definition) is 1. The highest BCUT2D eigenvalue weighted by atomic mass is 79.9. The summed E-state index contributed by atoms with van der Waals surface area (Å²) in [5, 5.41) is 1.49. The molecule has 22 heavy (non-hydrogen) atoms. The third-order valence-corrected chi connectivity index (χ3v) is 4.29. The molecule has 2 aromatic carbocycles. The van der Waals surface area contributed by atoms with E-state index in [0.29, 0.717) is 17.6 Å². The van der Waals surface area contributed by atoms with Crippen LogP contribution in [-0.4, -0.2) is 11.7 Å². The molecule has 0 fully saturated rings. The minimum Gasteiger partial charge on any atom is -0.497 e. The lowest BCUT2D eigenvalue weighted by atomic mass is 10.1. The largest absolute Gasteiger partial charge is 0.497 e. The molecular weight excluding hydrogens is 344 g/mol. The number of hydrogen-bond acceptors (Lipinski definition) is 3. The average Bonchev–Trinajstić information content (AvgIpc) is 2.53. The second kappa shape index (κ2) is 5.85. The zero-order chi connectivity index (χ0) is 15.7. The monoisotopic (exact) mass is 358 g/mol. The Morgan fingerprint density at radius 1 is 1.18 bits per heavy atom. The number of nitrogens with zero attached hydrogens (tertiary/aromatic N) is 1. The number of nitrogens with two attached hydrogens (primary N) is 1. The normalized spacial score (nSPS) is 10.8. The van der Waals surface area contributed by atoms with Gasteiger partial charge in [0, 0.05) is 21.7 Å². The van der Waals surface area contributed by atoms with Crippen molar-refractivity contribution in [1.29, 1.82) is 0 Å². The van der Waals surface area contributed by atoms with Gasteiger partial charge in [0.15, 0.2) is 0 Å². The van der Waals surface area contributed by atoms with Crippen LogP contribution in [0.4, 0.5) is 5.69 Å². The van der Waals surface area contributed by atoms with E-state index in [0.717, 1.165) is 21.2 Å². The van der Waals surface area contributed by atoms with Gasteiger partial charge in [0.25, 0.3) is 5.56 Å². The Morgan fingerprint density at radius 3 is 2.59 bits per heavy atom. The van der Waals surface area contributed by atoms with E-state index in [1.165, 1.54) is 0 Å². The van der Waals surface area contributed by atoms with Crippen LogP contribution < -0.4 is 16.0 Å². The lowest BCUT2D eigenvalue weighted by Crippen LogP contribution is -2.20. The molecule has 0 amide bonds. The number of anilines is 1. The molecule has 3 aromatic rings. The van der Waals surface area contributed by atoms with Gasteiger partial charge in [-0.05, 0) is 57.2 Å². The van der Waals surface area contributed by atoms with Gasteiger partial charge in [0.05, 0.1) is 13.7 Å². The number of benzene rings is 2. The van der Waals surface area contributed by atoms with Crippen molar-refractivity contribution < 1.29 is 4.74 Å². The first-order chi connectivity index (χ1) is 10.6. The highest BCUT2D eigenvalue weighted by Gasteiger charge is 2.06. The molecule has 0 spiro atoms. The summed E-state index contributed by atoms with van der Waals surface area (Å²) < 4.78 is 7.61. The molecule has 0 unspecified atom stereocenters. The molecule has 0 atom stereocenters. The van der Waals surface area contributed by atoms with Gasteiger partial charge >= 0.3 is 0 Å². The van der Waals surface area contributed by atoms with E-state index in [1.807, 2.05) is 36.4 Å². The van der Waals surface area contributed by atoms with Crippen molar-refractivity contribution in [3.05, 3.63) is 69.1 Å². The first-order valence-corrected chi connectivity index (χ1v) is 7.59. The topological polar surface area (TPSA) is 57.2 Å². The Bertz CT molecular complexity index is 886. The van der Waals surface area contributed by atoms with Crippen molar-refractivity contribution in [2.24, 2.45) is 0 Å². The fraction of sp³-hybridized carbons (Fsp3) is 0.118. The van der Waals surface area contributed by atoms with Crippen molar-refractivity contribution in [3.63, 3.8) is 0 Å². The highest BCUT2D eigenvalue weighted by molar-refractivity contribution is 9.10. The van der Waals surface area contributed by atoms with E-state index < -0.39 is 0 Å². The van der Waals surface area contributed by atoms with Crippen LogP contribution >= 0.6 is 15.9 Å². The summed E-state index contributed by atoms with van der Waals surface area (Å²) in [5.74, 6) is 0.798. The fourth-order valence-corrected chi connectivity index (χ4v) is 2.73. The van der Waals surface area contributed by atoms with Crippen LogP contribution in [0, 0.1) is 0 Å². The van der Waals surface area contributed by atoms with Crippen LogP contribution in [-0.2, 0) is 6.54 Å². The number of aromatic nitrogens is 1. The van der Waals surface area contributed by atoms with Gasteiger partial charge in [-0.25, -0.2) is 0 Å². The summed E-state index contributed by atoms with van der Waals surface area (Å²) in [6, 6.07) is 13.2. The summed E-state index contributed by atoms with van der Waals surface area (Å²) in [6.07, 6.45) is 1.80. The zero-order valence-electron chi connectivity index (χ0n) is 12.0. The molecular formula is C17H15BrN2O2. The summed E-state index contributed by atoms with van der Waals surface area (Å²) in [5.41, 5.74) is 7.43. The lowest BCUT2D eigenvalue weighted by Gasteiger charge is -2.09. The molecule has 0 bridgehead atoms. The molecule has 1 aromatic heterocycles. The number of ether oxygens (including phenoxy) is 1. The zero-order valence-corrected chi connectivity index (χ0v) is 13.6. The van der Waals surface area contributed by atoms with Crippen LogP contribution in [0.15, 0.2) is 57.9 Å². The Balaban J connectivity index is 2.02. The predicted molar refractivity (Wildman–Crippen MR) is 92.4 cm³/mol. The summed E-state index contributed by atoms with van der Waals surface area (Å²) in [6.45, 7) is 0.509. The number of pyridine rings is 1. The van der Waals surface area contributed by atoms with Crippen molar-refractivity contribution >= 4 is 32.4 Å². The number of methoxy groups -OCH3 is 1. The maximum atomic E-state index is 12.6. The summed E-state index contributed by atoms with van der Waals surface area (Å²) in [4.78, 5) is 12.6. The average molecular weight is 359 g/mol. The molecule has 112 valence electrons. The first kappa shape index (κ1) is 14.7. The number of fused-ring (bicyclic) bond motifs is 1. The molecule has 0 aliphatic heterocycles. The van der Waals surface area contributed by atoms with E-state index in [4.69, 9.17) is 10.5 Å². The van der Waals surface area contributed by atoms with Crippen molar-refractivity contribution in [3.8, 4) is 5.75 Å². The summed E-state index contributed by atoms with van der Waals surface area (Å²) >= 11 is 3.38. The van der Waals surface area contributed by atoms with Gasteiger partial charge in [-0.3, -0.25) is 4.79 Å². The molecule has 0 radical (unpaired) electrons. The highest BCUT2D eigenvalue weighted by Crippen LogP contribution is 2.24. The number of halogens is 1. The molecule has 2 N–H and O–H groups in total. The first-order valence-electron chi connectivity index (χ1n) is 6.79. The Labute approximate surface area is 136 Å². The molecule has 1 heterocycles. The van der Waals surface area contributed by atoms with Crippen molar-refractivity contribution in [1.82, 2.24) is 4.57 Å². The van der Waals surface area contributed by atoms with E-state index in [9.17, 15) is 4.79 Å². The smallest absolute Gasteiger partial charge is 0.258 e. The van der Waals surface area contributed by atoms with Gasteiger partial charge < -0.3 is 15.0 Å². The molecule has 3 rings (SSSR count). The number of nitrogen functional groups attached to an aromatic ring is 1. The van der Waals surface area contributed by atoms with Crippen LogP contribution in [0.3, 0.4) is 0 Å². The fourth-order valence-electron chi connectivity index (χ4n) is 2.37. The second-order valence-electron chi connectivity index (χ2n) is 5.06. The van der Waals surface area contributed by atoms with E-state index in [2.05, 4.69) is 15.9 Å². The lowest BCUT2D eigenvalue weighted by molar-refractivity contribution is 0.414. The van der Waals surface area contributed by atoms with Crippen LogP contribution in [0.1, 0.15) is 5.56 Å². The summed E-state index contributed by atoms with van der Waals surface area (Å²) in [7, 11) is 1.63. The van der Waals surface area contributed by atoms with Crippen LogP contribution in [0.2, 0.25) is 0 Å². The molecule has 4 nitrogen and oxygen atoms in total. The standard InChI is InChI=1S/C17H15BrN2O2/c1-22-13-4-2-11(3-5-13)10-20-7-6-12-8-15(18)16(19)9-14(12)17(20)21/h2-9H,10,19H2,1H3. The van der Waals surface area contributed by atoms with Gasteiger partial charge in [0.1, 0.15) is 5.75 Å². The Kier molecular flexibility index (Phi) is 3.90. The Hall–Kier alpha value is -2.27. The third-order valence-electron chi connectivity index (χ3n) is 3.61. The maximum absolute atomic E-state index is 12.6. The second-order valence-corrected chi connectivity index (χ2v) is 5.91. The predicted octanol–water partition coefficient (Wildman–Crippen LogP) is 3.40.